The van der Waals surface area contributed by atoms with E-state index in [2.05, 4.69) is 5.32 Å². The van der Waals surface area contributed by atoms with Crippen LogP contribution in [0.3, 0.4) is 0 Å². The van der Waals surface area contributed by atoms with E-state index in [0.29, 0.717) is 23.0 Å². The van der Waals surface area contributed by atoms with E-state index < -0.39 is 12.6 Å². The Morgan fingerprint density at radius 3 is 2.40 bits per heavy atom. The van der Waals surface area contributed by atoms with Gasteiger partial charge in [-0.3, -0.25) is 0 Å². The Balaban J connectivity index is 2.41. The maximum Gasteiger partial charge on any atom is 0.389 e. The van der Waals surface area contributed by atoms with Crippen LogP contribution in [0.4, 0.5) is 13.2 Å². The van der Waals surface area contributed by atoms with Crippen molar-refractivity contribution in [1.82, 2.24) is 5.32 Å². The SMILES string of the molecule is CCC(NCCCCC(F)(F)F)c1ccc(Cl)c(Cl)c1. The number of unbranched alkanes of at least 4 members (excludes halogenated alkanes) is 1. The molecular weight excluding hydrogens is 310 g/mol. The highest BCUT2D eigenvalue weighted by atomic mass is 35.5. The van der Waals surface area contributed by atoms with Gasteiger partial charge in [-0.2, -0.15) is 13.2 Å². The fourth-order valence-corrected chi connectivity index (χ4v) is 2.26. The van der Waals surface area contributed by atoms with Crippen molar-refractivity contribution in [3.05, 3.63) is 33.8 Å². The maximum atomic E-state index is 12.0. The largest absolute Gasteiger partial charge is 0.389 e. The average Bonchev–Trinajstić information content (AvgIpc) is 2.36. The van der Waals surface area contributed by atoms with Gasteiger partial charge in [0.15, 0.2) is 0 Å². The molecule has 0 aromatic heterocycles. The molecule has 1 atom stereocenters. The van der Waals surface area contributed by atoms with Crippen LogP contribution in [0, 0.1) is 0 Å². The van der Waals surface area contributed by atoms with Gasteiger partial charge in [-0.25, -0.2) is 0 Å². The van der Waals surface area contributed by atoms with Crippen molar-refractivity contribution in [2.45, 2.75) is 44.8 Å². The van der Waals surface area contributed by atoms with Crippen molar-refractivity contribution in [3.63, 3.8) is 0 Å². The van der Waals surface area contributed by atoms with E-state index in [1.807, 2.05) is 13.0 Å². The molecule has 1 rings (SSSR count). The molecule has 0 aliphatic heterocycles. The summed E-state index contributed by atoms with van der Waals surface area (Å²) in [4.78, 5) is 0. The summed E-state index contributed by atoms with van der Waals surface area (Å²) in [5.41, 5.74) is 0.998. The second-order valence-corrected chi connectivity index (χ2v) is 5.48. The number of hydrogen-bond donors (Lipinski definition) is 1. The molecule has 0 fully saturated rings. The molecule has 1 aromatic rings. The van der Waals surface area contributed by atoms with Gasteiger partial charge in [-0.1, -0.05) is 36.2 Å². The molecule has 1 N–H and O–H groups in total. The van der Waals surface area contributed by atoms with Crippen LogP contribution in [0.15, 0.2) is 18.2 Å². The highest BCUT2D eigenvalue weighted by Gasteiger charge is 2.25. The van der Waals surface area contributed by atoms with Crippen LogP contribution in [-0.4, -0.2) is 12.7 Å². The van der Waals surface area contributed by atoms with Gasteiger partial charge in [-0.05, 0) is 43.5 Å². The summed E-state index contributed by atoms with van der Waals surface area (Å²) < 4.78 is 36.0. The maximum absolute atomic E-state index is 12.0. The molecule has 0 bridgehead atoms. The molecule has 1 nitrogen and oxygen atoms in total. The molecule has 0 heterocycles. The first-order valence-electron chi connectivity index (χ1n) is 6.58. The number of rotatable bonds is 7. The molecular formula is C14H18Cl2F3N. The highest BCUT2D eigenvalue weighted by Crippen LogP contribution is 2.27. The quantitative estimate of drug-likeness (QED) is 0.627. The third-order valence-electron chi connectivity index (χ3n) is 3.03. The number of nitrogens with one attached hydrogen (secondary N) is 1. The summed E-state index contributed by atoms with van der Waals surface area (Å²) in [5.74, 6) is 0. The third kappa shape index (κ3) is 6.33. The Morgan fingerprint density at radius 1 is 1.15 bits per heavy atom. The normalized spacial score (nSPS) is 13.5. The molecule has 114 valence electrons. The van der Waals surface area contributed by atoms with E-state index in [4.69, 9.17) is 23.2 Å². The van der Waals surface area contributed by atoms with Crippen LogP contribution < -0.4 is 5.32 Å². The minimum Gasteiger partial charge on any atom is -0.310 e. The molecule has 0 amide bonds. The highest BCUT2D eigenvalue weighted by molar-refractivity contribution is 6.42. The van der Waals surface area contributed by atoms with Crippen LogP contribution in [0.2, 0.25) is 10.0 Å². The van der Waals surface area contributed by atoms with Crippen LogP contribution in [0.1, 0.15) is 44.2 Å². The first-order chi connectivity index (χ1) is 9.33. The smallest absolute Gasteiger partial charge is 0.310 e. The molecule has 0 aliphatic rings. The molecule has 20 heavy (non-hydrogen) atoms. The fraction of sp³-hybridized carbons (Fsp3) is 0.571. The van der Waals surface area contributed by atoms with Gasteiger partial charge in [-0.15, -0.1) is 0 Å². The molecule has 0 aliphatic carbocycles. The molecule has 0 saturated carbocycles. The predicted octanol–water partition coefficient (Wildman–Crippen LogP) is 5.77. The van der Waals surface area contributed by atoms with Crippen molar-refractivity contribution in [2.75, 3.05) is 6.54 Å². The van der Waals surface area contributed by atoms with E-state index >= 15 is 0 Å². The number of alkyl halides is 3. The van der Waals surface area contributed by atoms with Crippen LogP contribution in [-0.2, 0) is 0 Å². The Hall–Kier alpha value is -0.450. The van der Waals surface area contributed by atoms with Crippen molar-refractivity contribution in [1.29, 1.82) is 0 Å². The topological polar surface area (TPSA) is 12.0 Å². The number of hydrogen-bond acceptors (Lipinski definition) is 1. The van der Waals surface area contributed by atoms with Crippen LogP contribution in [0.5, 0.6) is 0 Å². The lowest BCUT2D eigenvalue weighted by molar-refractivity contribution is -0.135. The molecule has 1 aromatic carbocycles. The van der Waals surface area contributed by atoms with E-state index in [0.717, 1.165) is 12.0 Å². The van der Waals surface area contributed by atoms with Gasteiger partial charge in [0.1, 0.15) is 0 Å². The van der Waals surface area contributed by atoms with E-state index in [-0.39, 0.29) is 12.5 Å². The predicted molar refractivity (Wildman–Crippen MR) is 77.4 cm³/mol. The standard InChI is InChI=1S/C14H18Cl2F3N/c1-2-13(10-5-6-11(15)12(16)9-10)20-8-4-3-7-14(17,18)19/h5-6,9,13,20H,2-4,7-8H2,1H3. The summed E-state index contributed by atoms with van der Waals surface area (Å²) in [5, 5.41) is 4.23. The monoisotopic (exact) mass is 327 g/mol. The second-order valence-electron chi connectivity index (χ2n) is 4.66. The van der Waals surface area contributed by atoms with Crippen molar-refractivity contribution in [2.24, 2.45) is 0 Å². The summed E-state index contributed by atoms with van der Waals surface area (Å²) in [6.45, 7) is 2.56. The lowest BCUT2D eigenvalue weighted by Gasteiger charge is -2.18. The number of halogens is 5. The molecule has 0 spiro atoms. The Kier molecular flexibility index (Phi) is 7.13. The third-order valence-corrected chi connectivity index (χ3v) is 3.77. The fourth-order valence-electron chi connectivity index (χ4n) is 1.95. The van der Waals surface area contributed by atoms with Gasteiger partial charge >= 0.3 is 6.18 Å². The number of benzene rings is 1. The zero-order valence-corrected chi connectivity index (χ0v) is 12.7. The lowest BCUT2D eigenvalue weighted by Crippen LogP contribution is -2.22. The Labute approximate surface area is 127 Å². The summed E-state index contributed by atoms with van der Waals surface area (Å²) in [7, 11) is 0. The van der Waals surface area contributed by atoms with Crippen LogP contribution >= 0.6 is 23.2 Å². The molecule has 0 saturated heterocycles. The van der Waals surface area contributed by atoms with Gasteiger partial charge in [0.05, 0.1) is 10.0 Å². The Bertz CT molecular complexity index is 421. The van der Waals surface area contributed by atoms with Crippen molar-refractivity contribution >= 4 is 23.2 Å². The molecule has 0 radical (unpaired) electrons. The van der Waals surface area contributed by atoms with E-state index in [1.54, 1.807) is 12.1 Å². The van der Waals surface area contributed by atoms with Crippen LogP contribution in [0.25, 0.3) is 0 Å². The van der Waals surface area contributed by atoms with Crippen molar-refractivity contribution < 1.29 is 13.2 Å². The van der Waals surface area contributed by atoms with E-state index in [9.17, 15) is 13.2 Å². The van der Waals surface area contributed by atoms with Gasteiger partial charge in [0, 0.05) is 12.5 Å². The second kappa shape index (κ2) is 8.11. The first-order valence-corrected chi connectivity index (χ1v) is 7.34. The molecule has 1 unspecified atom stereocenters. The minimum atomic E-state index is -4.06. The molecule has 6 heteroatoms. The summed E-state index contributed by atoms with van der Waals surface area (Å²) in [6.07, 6.45) is -3.31. The van der Waals surface area contributed by atoms with Gasteiger partial charge in [0.2, 0.25) is 0 Å². The van der Waals surface area contributed by atoms with Gasteiger partial charge < -0.3 is 5.32 Å². The van der Waals surface area contributed by atoms with Crippen molar-refractivity contribution in [3.8, 4) is 0 Å². The average molecular weight is 328 g/mol. The first kappa shape index (κ1) is 17.6. The zero-order chi connectivity index (χ0) is 15.2. The zero-order valence-electron chi connectivity index (χ0n) is 11.2. The lowest BCUT2D eigenvalue weighted by atomic mass is 10.0. The summed E-state index contributed by atoms with van der Waals surface area (Å²) >= 11 is 11.8. The minimum absolute atomic E-state index is 0.0793. The van der Waals surface area contributed by atoms with Gasteiger partial charge in [0.25, 0.3) is 0 Å². The van der Waals surface area contributed by atoms with E-state index in [1.165, 1.54) is 0 Å². The Morgan fingerprint density at radius 2 is 1.85 bits per heavy atom. The summed E-state index contributed by atoms with van der Waals surface area (Å²) in [6, 6.07) is 5.48.